The Morgan fingerprint density at radius 1 is 1.04 bits per heavy atom. The number of para-hydroxylation sites is 1. The van der Waals surface area contributed by atoms with Gasteiger partial charge in [-0.3, -0.25) is 19.2 Å². The smallest absolute Gasteiger partial charge is 0.255 e. The molecule has 16 heteroatoms. The van der Waals surface area contributed by atoms with E-state index in [-0.39, 0.29) is 43.9 Å². The Morgan fingerprint density at radius 2 is 1.77 bits per heavy atom. The maximum Gasteiger partial charge on any atom is 0.255 e. The molecule has 1 fully saturated rings. The number of phenols is 2. The number of carbonyl (C=O) groups is 4. The molecule has 0 bridgehead atoms. The molecule has 2 aromatic heterocycles. The highest BCUT2D eigenvalue weighted by Crippen LogP contribution is 2.31. The number of hydrogen-bond donors (Lipinski definition) is 7. The van der Waals surface area contributed by atoms with E-state index < -0.39 is 64.8 Å². The van der Waals surface area contributed by atoms with E-state index in [1.165, 1.54) is 40.6 Å². The van der Waals surface area contributed by atoms with Gasteiger partial charge in [-0.1, -0.05) is 56.3 Å². The van der Waals surface area contributed by atoms with Gasteiger partial charge in [-0.25, -0.2) is 4.98 Å². The highest BCUT2D eigenvalue weighted by atomic mass is 32.1. The summed E-state index contributed by atoms with van der Waals surface area (Å²) in [6, 6.07) is 10.4. The molecule has 0 aliphatic carbocycles. The van der Waals surface area contributed by atoms with Crippen molar-refractivity contribution < 1.29 is 39.0 Å². The summed E-state index contributed by atoms with van der Waals surface area (Å²) in [5.41, 5.74) is 3.48. The molecule has 0 unspecified atom stereocenters. The van der Waals surface area contributed by atoms with Crippen molar-refractivity contribution in [2.24, 2.45) is 5.41 Å². The third kappa shape index (κ3) is 9.05. The second-order valence-electron chi connectivity index (χ2n) is 13.6. The summed E-state index contributed by atoms with van der Waals surface area (Å²) in [5, 5.41) is 45.3. The number of aromatic hydroxyl groups is 2. The number of carbonyl (C=O) groups excluding carboxylic acids is 4. The zero-order valence-electron chi connectivity index (χ0n) is 29.3. The second-order valence-corrected chi connectivity index (χ2v) is 14.5. The highest BCUT2D eigenvalue weighted by molar-refractivity contribution is 7.13. The molecule has 4 atom stereocenters. The minimum atomic E-state index is -1.02. The number of aryl methyl sites for hydroxylation is 1. The number of hydrogen-bond acceptors (Lipinski definition) is 12. The quantitative estimate of drug-likeness (QED) is 0.0782. The molecule has 0 radical (unpaired) electrons. The van der Waals surface area contributed by atoms with Crippen molar-refractivity contribution in [2.75, 3.05) is 25.0 Å². The maximum absolute atomic E-state index is 14.0. The first-order valence-corrected chi connectivity index (χ1v) is 17.6. The van der Waals surface area contributed by atoms with Crippen LogP contribution < -0.4 is 21.3 Å². The topological polar surface area (TPSA) is 219 Å². The van der Waals surface area contributed by atoms with Crippen molar-refractivity contribution in [2.45, 2.75) is 64.8 Å². The lowest BCUT2D eigenvalue weighted by molar-refractivity contribution is -0.141. The molecule has 1 aliphatic rings. The fourth-order valence-corrected chi connectivity index (χ4v) is 6.78. The normalized spacial score (nSPS) is 16.9. The van der Waals surface area contributed by atoms with Crippen LogP contribution in [-0.2, 0) is 14.4 Å². The van der Waals surface area contributed by atoms with Crippen LogP contribution in [0.2, 0.25) is 0 Å². The number of thiazole rings is 1. The molecule has 15 nitrogen and oxygen atoms in total. The first kappa shape index (κ1) is 37.8. The van der Waals surface area contributed by atoms with Crippen molar-refractivity contribution in [3.05, 3.63) is 77.1 Å². The van der Waals surface area contributed by atoms with Gasteiger partial charge in [0.1, 0.15) is 12.1 Å². The summed E-state index contributed by atoms with van der Waals surface area (Å²) in [7, 11) is 0. The van der Waals surface area contributed by atoms with E-state index in [1.807, 2.05) is 52.0 Å². The molecule has 5 rings (SSSR count). The van der Waals surface area contributed by atoms with Crippen LogP contribution in [0.4, 0.5) is 5.88 Å². The van der Waals surface area contributed by atoms with Gasteiger partial charge in [-0.15, -0.1) is 11.3 Å². The van der Waals surface area contributed by atoms with Crippen molar-refractivity contribution in [1.82, 2.24) is 31.0 Å². The maximum atomic E-state index is 14.0. The summed E-state index contributed by atoms with van der Waals surface area (Å²) in [4.78, 5) is 60.4. The minimum Gasteiger partial charge on any atom is -0.504 e. The number of benzene rings is 2. The van der Waals surface area contributed by atoms with Gasteiger partial charge in [0.2, 0.25) is 23.6 Å². The molecule has 2 aromatic carbocycles. The van der Waals surface area contributed by atoms with E-state index in [9.17, 15) is 34.5 Å². The molecule has 0 spiro atoms. The Kier molecular flexibility index (Phi) is 11.8. The summed E-state index contributed by atoms with van der Waals surface area (Å²) >= 11 is 1.50. The number of rotatable bonds is 13. The van der Waals surface area contributed by atoms with Gasteiger partial charge in [0.05, 0.1) is 46.4 Å². The first-order valence-electron chi connectivity index (χ1n) is 16.7. The van der Waals surface area contributed by atoms with E-state index in [1.54, 1.807) is 11.6 Å². The molecule has 3 heterocycles. The van der Waals surface area contributed by atoms with Gasteiger partial charge in [0, 0.05) is 32.1 Å². The number of aliphatic hydroxyl groups excluding tert-OH is 1. The predicted octanol–water partition coefficient (Wildman–Crippen LogP) is 3.10. The zero-order valence-corrected chi connectivity index (χ0v) is 30.1. The second kappa shape index (κ2) is 16.2. The van der Waals surface area contributed by atoms with Crippen LogP contribution >= 0.6 is 11.3 Å². The average Bonchev–Trinajstić information content (AvgIpc) is 3.87. The van der Waals surface area contributed by atoms with Crippen LogP contribution in [0.3, 0.4) is 0 Å². The third-order valence-electron chi connectivity index (χ3n) is 8.72. The number of amides is 4. The van der Waals surface area contributed by atoms with Crippen molar-refractivity contribution in [1.29, 1.82) is 0 Å². The molecule has 1 saturated heterocycles. The van der Waals surface area contributed by atoms with Crippen molar-refractivity contribution in [3.8, 4) is 21.9 Å². The number of anilines is 1. The lowest BCUT2D eigenvalue weighted by Gasteiger charge is -2.35. The lowest BCUT2D eigenvalue weighted by atomic mass is 9.85. The number of phenolic OH excluding ortho intramolecular Hbond substituents is 2. The molecule has 1 aliphatic heterocycles. The molecule has 276 valence electrons. The van der Waals surface area contributed by atoms with Gasteiger partial charge < -0.3 is 46.0 Å². The molecule has 0 saturated carbocycles. The number of nitrogens with one attached hydrogen (secondary N) is 4. The standard InChI is InChI=1S/C36H43N7O8S/c1-20-31(52-19-39-20)22-10-8-21(9-11-22)25(17-28(46)37-14-15-38-33(48)24-6-5-7-27(45)30(24)47)41-34(49)26-16-23(44)18-43(26)35(50)32(36(2,3)4)42-29-12-13-40-51-29/h5-13,19,23,25-26,32,42,44-45,47H,14-18H2,1-4H3,(H,37,46)(H,38,48)(H,41,49)/t23-,25+,26+,32-/m1/s1. The van der Waals surface area contributed by atoms with Crippen LogP contribution in [0, 0.1) is 12.3 Å². The average molecular weight is 734 g/mol. The van der Waals surface area contributed by atoms with Crippen molar-refractivity contribution in [3.63, 3.8) is 0 Å². The van der Waals surface area contributed by atoms with E-state index >= 15 is 0 Å². The van der Waals surface area contributed by atoms with Crippen LogP contribution in [0.5, 0.6) is 11.5 Å². The van der Waals surface area contributed by atoms with Crippen LogP contribution in [-0.4, -0.2) is 91.8 Å². The Labute approximate surface area is 304 Å². The SMILES string of the molecule is Cc1ncsc1-c1ccc([C@H](CC(=O)NCCNC(=O)c2cccc(O)c2O)NC(=O)[C@@H]2C[C@@H](O)CN2C(=O)[C@@H](Nc2ccno2)C(C)(C)C)cc1. The van der Waals surface area contributed by atoms with Gasteiger partial charge >= 0.3 is 0 Å². The molecule has 7 N–H and O–H groups in total. The van der Waals surface area contributed by atoms with Crippen molar-refractivity contribution >= 4 is 40.8 Å². The Morgan fingerprint density at radius 3 is 2.42 bits per heavy atom. The largest absolute Gasteiger partial charge is 0.504 e. The molecule has 4 amide bonds. The number of aliphatic hydroxyl groups is 1. The number of aromatic nitrogens is 2. The first-order chi connectivity index (χ1) is 24.7. The zero-order chi connectivity index (χ0) is 37.6. The summed E-state index contributed by atoms with van der Waals surface area (Å²) < 4.78 is 5.18. The molecular formula is C36H43N7O8S. The number of nitrogens with zero attached hydrogens (tertiary/aromatic N) is 3. The summed E-state index contributed by atoms with van der Waals surface area (Å²) in [5.74, 6) is -2.68. The van der Waals surface area contributed by atoms with E-state index in [4.69, 9.17) is 4.52 Å². The van der Waals surface area contributed by atoms with E-state index in [0.29, 0.717) is 5.56 Å². The van der Waals surface area contributed by atoms with Crippen LogP contribution in [0.25, 0.3) is 10.4 Å². The fourth-order valence-electron chi connectivity index (χ4n) is 5.96. The lowest BCUT2D eigenvalue weighted by Crippen LogP contribution is -2.54. The van der Waals surface area contributed by atoms with Gasteiger partial charge in [0.15, 0.2) is 11.5 Å². The van der Waals surface area contributed by atoms with E-state index in [2.05, 4.69) is 31.4 Å². The van der Waals surface area contributed by atoms with Gasteiger partial charge in [0.25, 0.3) is 5.91 Å². The minimum absolute atomic E-state index is 0.00763. The monoisotopic (exact) mass is 733 g/mol. The summed E-state index contributed by atoms with van der Waals surface area (Å²) in [6.45, 7) is 7.53. The van der Waals surface area contributed by atoms with Crippen LogP contribution in [0.1, 0.15) is 61.3 Å². The number of β-amino-alcohol motifs (C(OH)–C–C–N with tert-alkyl or cyclic N) is 1. The molecule has 4 aromatic rings. The third-order valence-corrected chi connectivity index (χ3v) is 9.70. The molecular weight excluding hydrogens is 691 g/mol. The van der Waals surface area contributed by atoms with Gasteiger partial charge in [-0.05, 0) is 35.6 Å². The highest BCUT2D eigenvalue weighted by Gasteiger charge is 2.44. The van der Waals surface area contributed by atoms with Crippen LogP contribution in [0.15, 0.2) is 64.8 Å². The predicted molar refractivity (Wildman–Crippen MR) is 192 cm³/mol. The Balaban J connectivity index is 1.30. The molecule has 52 heavy (non-hydrogen) atoms. The van der Waals surface area contributed by atoms with Gasteiger partial charge in [-0.2, -0.15) is 0 Å². The van der Waals surface area contributed by atoms with E-state index in [0.717, 1.165) is 16.1 Å². The Hall–Kier alpha value is -5.48. The number of likely N-dealkylation sites (tertiary alicyclic amines) is 1. The fraction of sp³-hybridized carbons (Fsp3) is 0.389. The summed E-state index contributed by atoms with van der Waals surface area (Å²) in [6.07, 6.45) is 0.342. The Bertz CT molecular complexity index is 1870.